The quantitative estimate of drug-likeness (QED) is 0.787. The van der Waals surface area contributed by atoms with Gasteiger partial charge in [-0.25, -0.2) is 0 Å². The normalized spacial score (nSPS) is 17.8. The lowest BCUT2D eigenvalue weighted by Gasteiger charge is -2.34. The molecule has 1 aromatic heterocycles. The van der Waals surface area contributed by atoms with Gasteiger partial charge in [0.25, 0.3) is 0 Å². The molecule has 2 heterocycles. The number of nitrogens with zero attached hydrogens (tertiary/aromatic N) is 2. The maximum atomic E-state index is 11.3. The van der Waals surface area contributed by atoms with Crippen LogP contribution in [0.4, 0.5) is 11.4 Å². The molecule has 0 saturated carbocycles. The van der Waals surface area contributed by atoms with Gasteiger partial charge in [-0.3, -0.25) is 9.78 Å². The van der Waals surface area contributed by atoms with Crippen LogP contribution in [0, 0.1) is 0 Å². The molecular weight excluding hydrogens is 202 g/mol. The highest BCUT2D eigenvalue weighted by molar-refractivity contribution is 5.88. The molecule has 0 fully saturated rings. The van der Waals surface area contributed by atoms with Crippen LogP contribution >= 0.6 is 0 Å². The van der Waals surface area contributed by atoms with Crippen LogP contribution in [0.25, 0.3) is 0 Å². The first kappa shape index (κ1) is 12.5. The van der Waals surface area contributed by atoms with Gasteiger partial charge < -0.3 is 10.2 Å². The summed E-state index contributed by atoms with van der Waals surface area (Å²) in [5.74, 6) is 0.183. The Hall–Kier alpha value is -1.58. The Morgan fingerprint density at radius 3 is 2.88 bits per heavy atom. The van der Waals surface area contributed by atoms with Gasteiger partial charge in [0.15, 0.2) is 5.78 Å². The fourth-order valence-corrected chi connectivity index (χ4v) is 1.76. The molecule has 1 aliphatic rings. The van der Waals surface area contributed by atoms with Gasteiger partial charge in [0.05, 0.1) is 17.6 Å². The van der Waals surface area contributed by atoms with Crippen molar-refractivity contribution < 1.29 is 4.79 Å². The number of likely N-dealkylation sites (N-methyl/N-ethyl adjacent to an activating group) is 1. The molecule has 1 N–H and O–H groups in total. The lowest BCUT2D eigenvalue weighted by molar-refractivity contribution is -0.118. The van der Waals surface area contributed by atoms with Crippen LogP contribution in [0.1, 0.15) is 20.8 Å². The van der Waals surface area contributed by atoms with Gasteiger partial charge in [-0.05, 0) is 13.0 Å². The fraction of sp³-hybridized carbons (Fsp3) is 0.500. The molecular formula is C12H19N3O. The lowest BCUT2D eigenvalue weighted by Crippen LogP contribution is -2.45. The van der Waals surface area contributed by atoms with E-state index in [-0.39, 0.29) is 11.8 Å². The minimum atomic E-state index is -0.0649. The second-order valence-corrected chi connectivity index (χ2v) is 3.51. The van der Waals surface area contributed by atoms with E-state index in [2.05, 4.69) is 10.3 Å². The first-order valence-corrected chi connectivity index (χ1v) is 5.61. The van der Waals surface area contributed by atoms with Gasteiger partial charge in [-0.15, -0.1) is 0 Å². The van der Waals surface area contributed by atoms with E-state index in [9.17, 15) is 4.79 Å². The summed E-state index contributed by atoms with van der Waals surface area (Å²) in [4.78, 5) is 17.3. The summed E-state index contributed by atoms with van der Waals surface area (Å²) in [5.41, 5.74) is 2.03. The molecule has 1 unspecified atom stereocenters. The molecule has 0 bridgehead atoms. The van der Waals surface area contributed by atoms with Gasteiger partial charge in [0.2, 0.25) is 0 Å². The van der Waals surface area contributed by atoms with Crippen LogP contribution in [0.2, 0.25) is 0 Å². The average molecular weight is 221 g/mol. The summed E-state index contributed by atoms with van der Waals surface area (Å²) in [6.07, 6.45) is 3.52. The number of ketones is 1. The zero-order chi connectivity index (χ0) is 12.1. The number of rotatable bonds is 1. The average Bonchev–Trinajstić information content (AvgIpc) is 2.32. The van der Waals surface area contributed by atoms with Crippen LogP contribution in [-0.4, -0.2) is 30.4 Å². The number of hydrogen-bond acceptors (Lipinski definition) is 4. The van der Waals surface area contributed by atoms with E-state index in [0.29, 0.717) is 6.54 Å². The first-order valence-electron chi connectivity index (χ1n) is 5.61. The molecule has 0 radical (unpaired) electrons. The number of nitrogens with one attached hydrogen (secondary N) is 1. The summed E-state index contributed by atoms with van der Waals surface area (Å²) >= 11 is 0. The summed E-state index contributed by atoms with van der Waals surface area (Å²) in [6, 6.07) is 1.85. The molecule has 4 nitrogen and oxygen atoms in total. The van der Waals surface area contributed by atoms with E-state index >= 15 is 0 Å². The summed E-state index contributed by atoms with van der Waals surface area (Å²) < 4.78 is 0. The van der Waals surface area contributed by atoms with Crippen molar-refractivity contribution in [1.82, 2.24) is 4.98 Å². The highest BCUT2D eigenvalue weighted by Gasteiger charge is 2.25. The monoisotopic (exact) mass is 221 g/mol. The number of aromatic nitrogens is 1. The molecule has 0 aliphatic carbocycles. The van der Waals surface area contributed by atoms with E-state index in [1.807, 2.05) is 31.9 Å². The molecule has 16 heavy (non-hydrogen) atoms. The smallest absolute Gasteiger partial charge is 0.153 e. The topological polar surface area (TPSA) is 45.2 Å². The minimum absolute atomic E-state index is 0.0649. The Bertz CT molecular complexity index is 365. The van der Waals surface area contributed by atoms with E-state index < -0.39 is 0 Å². The third-order valence-corrected chi connectivity index (χ3v) is 2.60. The zero-order valence-corrected chi connectivity index (χ0v) is 10.3. The number of fused-ring (bicyclic) bond motifs is 1. The molecule has 1 atom stereocenters. The second kappa shape index (κ2) is 5.49. The number of hydrogen-bond donors (Lipinski definition) is 1. The molecule has 0 spiro atoms. The maximum absolute atomic E-state index is 11.3. The maximum Gasteiger partial charge on any atom is 0.153 e. The molecule has 1 aliphatic heterocycles. The molecule has 88 valence electrons. The second-order valence-electron chi connectivity index (χ2n) is 3.51. The Balaban J connectivity index is 0.000000606. The fourth-order valence-electron chi connectivity index (χ4n) is 1.76. The van der Waals surface area contributed by atoms with Crippen molar-refractivity contribution in [1.29, 1.82) is 0 Å². The Morgan fingerprint density at radius 2 is 2.25 bits per heavy atom. The molecule has 4 heteroatoms. The van der Waals surface area contributed by atoms with E-state index in [1.54, 1.807) is 19.3 Å². The van der Waals surface area contributed by atoms with Crippen LogP contribution in [-0.2, 0) is 4.79 Å². The van der Waals surface area contributed by atoms with Crippen LogP contribution in [0.15, 0.2) is 18.5 Å². The minimum Gasteiger partial charge on any atom is -0.380 e. The lowest BCUT2D eigenvalue weighted by atomic mass is 10.1. The molecule has 2 rings (SSSR count). The van der Waals surface area contributed by atoms with E-state index in [1.165, 1.54) is 0 Å². The van der Waals surface area contributed by atoms with Crippen LogP contribution < -0.4 is 10.2 Å². The third-order valence-electron chi connectivity index (χ3n) is 2.60. The SMILES string of the molecule is CC.CC(=O)C1CNc2cnccc2N1C. The van der Waals surface area contributed by atoms with Crippen molar-refractivity contribution in [2.75, 3.05) is 23.8 Å². The predicted octanol–water partition coefficient (Wildman–Crippen LogP) is 1.93. The Labute approximate surface area is 96.7 Å². The number of pyridine rings is 1. The van der Waals surface area contributed by atoms with Crippen molar-refractivity contribution >= 4 is 17.2 Å². The number of Topliss-reactive ketones (excluding diaryl/α,β-unsaturated/α-hetero) is 1. The van der Waals surface area contributed by atoms with E-state index in [0.717, 1.165) is 11.4 Å². The van der Waals surface area contributed by atoms with Gasteiger partial charge in [-0.1, -0.05) is 13.8 Å². The van der Waals surface area contributed by atoms with Crippen LogP contribution in [0.3, 0.4) is 0 Å². The summed E-state index contributed by atoms with van der Waals surface area (Å²) in [5, 5.41) is 3.20. The Morgan fingerprint density at radius 1 is 1.56 bits per heavy atom. The van der Waals surface area contributed by atoms with E-state index in [4.69, 9.17) is 0 Å². The van der Waals surface area contributed by atoms with Gasteiger partial charge in [-0.2, -0.15) is 0 Å². The zero-order valence-electron chi connectivity index (χ0n) is 10.3. The van der Waals surface area contributed by atoms with Crippen molar-refractivity contribution in [3.8, 4) is 0 Å². The van der Waals surface area contributed by atoms with Crippen molar-refractivity contribution in [3.05, 3.63) is 18.5 Å². The third kappa shape index (κ3) is 2.32. The van der Waals surface area contributed by atoms with Crippen molar-refractivity contribution in [3.63, 3.8) is 0 Å². The highest BCUT2D eigenvalue weighted by atomic mass is 16.1. The van der Waals surface area contributed by atoms with Crippen molar-refractivity contribution in [2.45, 2.75) is 26.8 Å². The largest absolute Gasteiger partial charge is 0.380 e. The molecule has 1 aromatic rings. The molecule has 0 amide bonds. The first-order chi connectivity index (χ1) is 7.70. The van der Waals surface area contributed by atoms with Crippen LogP contribution in [0.5, 0.6) is 0 Å². The van der Waals surface area contributed by atoms with Gasteiger partial charge in [0, 0.05) is 19.8 Å². The van der Waals surface area contributed by atoms with Crippen molar-refractivity contribution in [2.24, 2.45) is 0 Å². The Kier molecular flexibility index (Phi) is 4.28. The number of carbonyl (C=O) groups excluding carboxylic acids is 1. The predicted molar refractivity (Wildman–Crippen MR) is 66.9 cm³/mol. The number of anilines is 2. The number of carbonyl (C=O) groups is 1. The molecule has 0 saturated heterocycles. The molecule has 0 aromatic carbocycles. The summed E-state index contributed by atoms with van der Waals surface area (Å²) in [7, 11) is 1.94. The summed E-state index contributed by atoms with van der Waals surface area (Å²) in [6.45, 7) is 6.28. The van der Waals surface area contributed by atoms with Gasteiger partial charge in [0.1, 0.15) is 6.04 Å². The standard InChI is InChI=1S/C10H13N3O.C2H6/c1-7(14)10-6-12-8-5-11-4-3-9(8)13(10)2;1-2/h3-5,10,12H,6H2,1-2H3;1-2H3. The van der Waals surface area contributed by atoms with Gasteiger partial charge >= 0.3 is 0 Å². The highest BCUT2D eigenvalue weighted by Crippen LogP contribution is 2.28.